The first-order valence-electron chi connectivity index (χ1n) is 4.38. The molecule has 0 aliphatic heterocycles. The van der Waals surface area contributed by atoms with Crippen LogP contribution in [0.1, 0.15) is 10.6 Å². The third-order valence-corrected chi connectivity index (χ3v) is 2.12. The van der Waals surface area contributed by atoms with Gasteiger partial charge in [0.15, 0.2) is 0 Å². The number of hydrogen-bond acceptors (Lipinski definition) is 5. The number of nitro benzene ring substituents is 1. The van der Waals surface area contributed by atoms with Crippen molar-refractivity contribution >= 4 is 22.6 Å². The first-order chi connectivity index (χ1) is 7.63. The number of carbonyl (C=O) groups excluding carboxylic acids is 1. The van der Waals surface area contributed by atoms with E-state index < -0.39 is 10.9 Å². The van der Waals surface area contributed by atoms with Gasteiger partial charge in [0.05, 0.1) is 17.4 Å². The first-order valence-corrected chi connectivity index (χ1v) is 4.38. The highest BCUT2D eigenvalue weighted by molar-refractivity contribution is 5.95. The first kappa shape index (κ1) is 10.2. The van der Waals surface area contributed by atoms with E-state index in [2.05, 4.69) is 4.74 Å². The average Bonchev–Trinajstić information content (AvgIpc) is 2.70. The number of ether oxygens (including phenoxy) is 1. The number of furan rings is 1. The molecule has 0 spiro atoms. The summed E-state index contributed by atoms with van der Waals surface area (Å²) in [5, 5.41) is 11.0. The molecule has 0 aliphatic rings. The van der Waals surface area contributed by atoms with Gasteiger partial charge in [0.25, 0.3) is 5.69 Å². The monoisotopic (exact) mass is 221 g/mol. The molecule has 0 atom stereocenters. The highest BCUT2D eigenvalue weighted by Gasteiger charge is 2.18. The number of benzene rings is 1. The van der Waals surface area contributed by atoms with Crippen LogP contribution in [0.3, 0.4) is 0 Å². The minimum absolute atomic E-state index is 0.0493. The molecule has 0 fully saturated rings. The van der Waals surface area contributed by atoms with E-state index in [4.69, 9.17) is 4.42 Å². The quantitative estimate of drug-likeness (QED) is 0.440. The Labute approximate surface area is 89.6 Å². The van der Waals surface area contributed by atoms with Crippen LogP contribution in [-0.2, 0) is 4.74 Å². The Morgan fingerprint density at radius 3 is 2.88 bits per heavy atom. The Bertz CT molecular complexity index is 572. The van der Waals surface area contributed by atoms with E-state index in [1.54, 1.807) is 6.07 Å². The fourth-order valence-corrected chi connectivity index (χ4v) is 1.41. The molecule has 16 heavy (non-hydrogen) atoms. The van der Waals surface area contributed by atoms with Crippen LogP contribution < -0.4 is 0 Å². The Morgan fingerprint density at radius 1 is 1.50 bits per heavy atom. The van der Waals surface area contributed by atoms with E-state index in [9.17, 15) is 14.9 Å². The minimum Gasteiger partial charge on any atom is -0.463 e. The molecule has 1 aromatic carbocycles. The normalized spacial score (nSPS) is 10.3. The fraction of sp³-hybridized carbons (Fsp3) is 0.100. The van der Waals surface area contributed by atoms with E-state index in [1.165, 1.54) is 25.3 Å². The van der Waals surface area contributed by atoms with Gasteiger partial charge < -0.3 is 9.15 Å². The maximum absolute atomic E-state index is 11.2. The molecule has 82 valence electrons. The van der Waals surface area contributed by atoms with Crippen molar-refractivity contribution in [3.63, 3.8) is 0 Å². The van der Waals surface area contributed by atoms with Crippen LogP contribution >= 0.6 is 0 Å². The van der Waals surface area contributed by atoms with Crippen molar-refractivity contribution in [3.8, 4) is 0 Å². The van der Waals surface area contributed by atoms with Gasteiger partial charge >= 0.3 is 5.97 Å². The summed E-state index contributed by atoms with van der Waals surface area (Å²) in [7, 11) is 1.21. The average molecular weight is 221 g/mol. The molecule has 0 aliphatic carbocycles. The van der Waals surface area contributed by atoms with Crippen molar-refractivity contribution in [3.05, 3.63) is 40.1 Å². The third-order valence-electron chi connectivity index (χ3n) is 2.12. The van der Waals surface area contributed by atoms with E-state index in [-0.39, 0.29) is 22.4 Å². The van der Waals surface area contributed by atoms with Gasteiger partial charge in [0.2, 0.25) is 5.76 Å². The van der Waals surface area contributed by atoms with Gasteiger partial charge in [0, 0.05) is 12.1 Å². The second kappa shape index (κ2) is 3.65. The van der Waals surface area contributed by atoms with Crippen LogP contribution in [0, 0.1) is 10.1 Å². The number of carbonyl (C=O) groups is 1. The lowest BCUT2D eigenvalue weighted by atomic mass is 10.2. The highest BCUT2D eigenvalue weighted by atomic mass is 16.6. The lowest BCUT2D eigenvalue weighted by molar-refractivity contribution is -0.383. The molecule has 6 nitrogen and oxygen atoms in total. The summed E-state index contributed by atoms with van der Waals surface area (Å²) in [5.74, 6) is -0.711. The summed E-state index contributed by atoms with van der Waals surface area (Å²) in [5.41, 5.74) is 0.186. The Morgan fingerprint density at radius 2 is 2.25 bits per heavy atom. The maximum Gasteiger partial charge on any atom is 0.373 e. The molecule has 0 bridgehead atoms. The maximum atomic E-state index is 11.2. The Kier molecular flexibility index (Phi) is 2.32. The van der Waals surface area contributed by atoms with E-state index in [1.807, 2.05) is 0 Å². The summed E-state index contributed by atoms with van der Waals surface area (Å²) in [4.78, 5) is 21.4. The van der Waals surface area contributed by atoms with E-state index in [0.717, 1.165) is 0 Å². The number of nitrogens with zero attached hydrogens (tertiary/aromatic N) is 1. The Balaban J connectivity index is 2.65. The predicted octanol–water partition coefficient (Wildman–Crippen LogP) is 2.13. The van der Waals surface area contributed by atoms with Crippen molar-refractivity contribution in [2.24, 2.45) is 0 Å². The van der Waals surface area contributed by atoms with Crippen LogP contribution in [0.15, 0.2) is 28.7 Å². The molecule has 0 saturated carbocycles. The Hall–Kier alpha value is -2.37. The molecule has 0 N–H and O–H groups in total. The topological polar surface area (TPSA) is 82.6 Å². The standard InChI is InChI=1S/C10H7NO5/c1-15-10(12)9-5-6-7(11(13)14)3-2-4-8(6)16-9/h2-5H,1H3. The van der Waals surface area contributed by atoms with E-state index in [0.29, 0.717) is 0 Å². The summed E-state index contributed by atoms with van der Waals surface area (Å²) in [6.07, 6.45) is 0. The number of nitro groups is 1. The zero-order valence-electron chi connectivity index (χ0n) is 8.30. The molecular formula is C10H7NO5. The van der Waals surface area contributed by atoms with Crippen LogP contribution in [-0.4, -0.2) is 18.0 Å². The fourth-order valence-electron chi connectivity index (χ4n) is 1.41. The molecule has 1 heterocycles. The molecule has 0 unspecified atom stereocenters. The number of rotatable bonds is 2. The van der Waals surface area contributed by atoms with Crippen LogP contribution in [0.4, 0.5) is 5.69 Å². The molecular weight excluding hydrogens is 214 g/mol. The van der Waals surface area contributed by atoms with Gasteiger partial charge in [-0.25, -0.2) is 4.79 Å². The number of non-ortho nitro benzene ring substituents is 1. The highest BCUT2D eigenvalue weighted by Crippen LogP contribution is 2.28. The van der Waals surface area contributed by atoms with Crippen LogP contribution in [0.5, 0.6) is 0 Å². The largest absolute Gasteiger partial charge is 0.463 e. The van der Waals surface area contributed by atoms with Gasteiger partial charge in [0.1, 0.15) is 5.58 Å². The summed E-state index contributed by atoms with van der Waals surface area (Å²) >= 11 is 0. The smallest absolute Gasteiger partial charge is 0.373 e. The number of fused-ring (bicyclic) bond motifs is 1. The molecule has 6 heteroatoms. The van der Waals surface area contributed by atoms with Gasteiger partial charge in [-0.1, -0.05) is 6.07 Å². The van der Waals surface area contributed by atoms with E-state index >= 15 is 0 Å². The summed E-state index contributed by atoms with van der Waals surface area (Å²) < 4.78 is 9.60. The van der Waals surface area contributed by atoms with Gasteiger partial charge in [-0.15, -0.1) is 0 Å². The lowest BCUT2D eigenvalue weighted by Crippen LogP contribution is -1.98. The van der Waals surface area contributed by atoms with Crippen molar-refractivity contribution < 1.29 is 18.9 Å². The molecule has 2 aromatic rings. The van der Waals surface area contributed by atoms with Crippen molar-refractivity contribution in [2.45, 2.75) is 0 Å². The molecule has 1 aromatic heterocycles. The zero-order valence-corrected chi connectivity index (χ0v) is 8.30. The lowest BCUT2D eigenvalue weighted by Gasteiger charge is -1.90. The second-order valence-corrected chi connectivity index (χ2v) is 3.05. The molecule has 2 rings (SSSR count). The number of esters is 1. The number of methoxy groups -OCH3 is 1. The molecule has 0 amide bonds. The van der Waals surface area contributed by atoms with Crippen molar-refractivity contribution in [1.82, 2.24) is 0 Å². The number of hydrogen-bond donors (Lipinski definition) is 0. The summed E-state index contributed by atoms with van der Waals surface area (Å²) in [6.45, 7) is 0. The molecule has 0 saturated heterocycles. The van der Waals surface area contributed by atoms with Crippen molar-refractivity contribution in [2.75, 3.05) is 7.11 Å². The second-order valence-electron chi connectivity index (χ2n) is 3.05. The van der Waals surface area contributed by atoms with Crippen LogP contribution in [0.2, 0.25) is 0 Å². The SMILES string of the molecule is COC(=O)c1cc2c([N+](=O)[O-])cccc2o1. The van der Waals surface area contributed by atoms with Gasteiger partial charge in [-0.05, 0) is 6.07 Å². The molecule has 0 radical (unpaired) electrons. The van der Waals surface area contributed by atoms with Gasteiger partial charge in [-0.3, -0.25) is 10.1 Å². The predicted molar refractivity (Wildman–Crippen MR) is 54.2 cm³/mol. The minimum atomic E-state index is -0.662. The van der Waals surface area contributed by atoms with Crippen molar-refractivity contribution in [1.29, 1.82) is 0 Å². The van der Waals surface area contributed by atoms with Crippen LogP contribution in [0.25, 0.3) is 11.0 Å². The van der Waals surface area contributed by atoms with Gasteiger partial charge in [-0.2, -0.15) is 0 Å². The summed E-state index contributed by atoms with van der Waals surface area (Å²) in [6, 6.07) is 5.69. The zero-order chi connectivity index (χ0) is 11.7. The third kappa shape index (κ3) is 1.50.